The summed E-state index contributed by atoms with van der Waals surface area (Å²) in [5, 5.41) is 15.8. The smallest absolute Gasteiger partial charge is 0.298 e. The number of hydrogen-bond donors (Lipinski definition) is 4. The number of ether oxygens (including phenoxy) is 3. The molecule has 3 saturated heterocycles. The molecule has 3 fully saturated rings. The largest absolute Gasteiger partial charge is 0.457 e. The highest BCUT2D eigenvalue weighted by molar-refractivity contribution is 6.04. The van der Waals surface area contributed by atoms with Gasteiger partial charge in [-0.25, -0.2) is 34.0 Å². The van der Waals surface area contributed by atoms with Gasteiger partial charge in [0.2, 0.25) is 11.8 Å². The van der Waals surface area contributed by atoms with Crippen molar-refractivity contribution in [2.75, 3.05) is 56.5 Å². The number of nitrogens with zero attached hydrogens (tertiary/aromatic N) is 13. The van der Waals surface area contributed by atoms with Gasteiger partial charge in [0, 0.05) is 56.0 Å². The van der Waals surface area contributed by atoms with Crippen molar-refractivity contribution < 1.29 is 33.4 Å². The molecule has 3 atom stereocenters. The number of likely N-dealkylation sites (tertiary alicyclic amines) is 3. The molecule has 0 bridgehead atoms. The number of benzene rings is 6. The maximum atomic E-state index is 12.2. The van der Waals surface area contributed by atoms with Crippen LogP contribution in [0.2, 0.25) is 0 Å². The van der Waals surface area contributed by atoms with Crippen LogP contribution < -0.4 is 37.1 Å². The highest BCUT2D eigenvalue weighted by Crippen LogP contribution is 2.39. The molecule has 24 nitrogen and oxygen atoms in total. The van der Waals surface area contributed by atoms with Gasteiger partial charge in [-0.15, -0.1) is 0 Å². The van der Waals surface area contributed by atoms with Crippen LogP contribution in [0.4, 0.5) is 17.5 Å². The lowest BCUT2D eigenvalue weighted by atomic mass is 10.1. The molecule has 8 N–H and O–H groups in total. The van der Waals surface area contributed by atoms with Crippen LogP contribution in [0.1, 0.15) is 67.5 Å². The normalized spacial score (nSPS) is 15.7. The molecule has 5 aromatic heterocycles. The van der Waals surface area contributed by atoms with Gasteiger partial charge in [0.1, 0.15) is 87.3 Å². The number of nitrogen functional groups attached to an aromatic ring is 3. The second-order valence-electron chi connectivity index (χ2n) is 23.4. The van der Waals surface area contributed by atoms with Gasteiger partial charge < -0.3 is 51.8 Å². The molecule has 0 unspecified atom stereocenters. The molecule has 11 aromatic rings. The van der Waals surface area contributed by atoms with Crippen molar-refractivity contribution in [2.45, 2.75) is 57.2 Å². The highest BCUT2D eigenvalue weighted by atomic mass is 16.5. The number of aromatic nitrogens is 10. The standard InChI is InChI=1S/C25H24N6O2.C25H22N6O2.C24H25N5O3/c1-2-21(32)30-14-6-7-18(15-30)31-25-22(24(26)27-16-28-25)23(29-31)17-10-12-20(13-11-17)33-19-8-4-3-5-9-19;1-2-6-21(32)30-14-13-18(15-30)31-25-22(24(26)27-16-28-25)23(29-31)17-9-11-20(12-10-17)33-19-7-4-3-5-8-19;1-2-20(30)28-14-6-7-17(15-28)29-23(25)21(24(26)31)22(27-29)16-10-12-19(13-11-16)32-18-8-4-3-5-9-18/h2-5,8-13,16,18H,1,6-7,14-15H2,(H2,26,27,28);3-5,7-12,16,18H,13-15H2,1H3,(H2,26,27,28);2-5,8-13,17H,1,6-7,14-15,25H2,(H2,26,31)/t2*18-;17-/m111/s1. The average Bonchev–Trinajstić information content (AvgIpc) is 1.63. The van der Waals surface area contributed by atoms with E-state index in [2.05, 4.69) is 50.0 Å². The number of amides is 4. The summed E-state index contributed by atoms with van der Waals surface area (Å²) in [6.45, 7) is 12.3. The summed E-state index contributed by atoms with van der Waals surface area (Å²) in [6, 6.07) is 51.1. The van der Waals surface area contributed by atoms with Crippen LogP contribution >= 0.6 is 0 Å². The Kier molecular flexibility index (Phi) is 19.9. The van der Waals surface area contributed by atoms with Crippen LogP contribution in [-0.2, 0) is 14.4 Å². The van der Waals surface area contributed by atoms with Gasteiger partial charge in [0.05, 0.1) is 28.9 Å². The number of nitrogens with two attached hydrogens (primary N) is 4. The Morgan fingerprint density at radius 3 is 1.23 bits per heavy atom. The fraction of sp³-hybridized carbons (Fsp3) is 0.203. The quantitative estimate of drug-likeness (QED) is 0.0547. The molecular weight excluding hydrogens is 1240 g/mol. The number of carbonyl (C=O) groups is 4. The van der Waals surface area contributed by atoms with Gasteiger partial charge in [-0.05, 0) is 166 Å². The molecular formula is C74H71N17O7. The van der Waals surface area contributed by atoms with Crippen molar-refractivity contribution in [3.05, 3.63) is 207 Å². The fourth-order valence-corrected chi connectivity index (χ4v) is 12.3. The molecule has 0 aliphatic carbocycles. The predicted molar refractivity (Wildman–Crippen MR) is 374 cm³/mol. The summed E-state index contributed by atoms with van der Waals surface area (Å²) in [4.78, 5) is 71.2. The number of piperidine rings is 2. The van der Waals surface area contributed by atoms with Crippen molar-refractivity contribution in [1.82, 2.24) is 64.0 Å². The first kappa shape index (κ1) is 65.4. The molecule has 98 heavy (non-hydrogen) atoms. The number of anilines is 3. The molecule has 0 spiro atoms. The van der Waals surface area contributed by atoms with Crippen LogP contribution in [0.25, 0.3) is 55.8 Å². The van der Waals surface area contributed by atoms with Gasteiger partial charge >= 0.3 is 0 Å². The van der Waals surface area contributed by atoms with Crippen LogP contribution in [0.3, 0.4) is 0 Å². The van der Waals surface area contributed by atoms with Gasteiger partial charge in [-0.2, -0.15) is 15.3 Å². The van der Waals surface area contributed by atoms with E-state index in [1.807, 2.05) is 161 Å². The van der Waals surface area contributed by atoms with Crippen molar-refractivity contribution >= 4 is 63.1 Å². The first-order valence-electron chi connectivity index (χ1n) is 31.9. The number of primary amides is 1. The number of para-hydroxylation sites is 3. The summed E-state index contributed by atoms with van der Waals surface area (Å²) in [7, 11) is 0. The molecule has 3 aliphatic rings. The zero-order valence-electron chi connectivity index (χ0n) is 53.8. The minimum absolute atomic E-state index is 0.00566. The van der Waals surface area contributed by atoms with E-state index in [9.17, 15) is 19.2 Å². The summed E-state index contributed by atoms with van der Waals surface area (Å²) >= 11 is 0. The number of hydrogen-bond acceptors (Lipinski definition) is 17. The third kappa shape index (κ3) is 14.5. The van der Waals surface area contributed by atoms with E-state index >= 15 is 0 Å². The summed E-state index contributed by atoms with van der Waals surface area (Å²) < 4.78 is 23.0. The number of carbonyl (C=O) groups excluding carboxylic acids is 4. The summed E-state index contributed by atoms with van der Waals surface area (Å²) in [5.41, 5.74) is 30.2. The lowest BCUT2D eigenvalue weighted by Crippen LogP contribution is -2.40. The lowest BCUT2D eigenvalue weighted by Gasteiger charge is -2.32. The Morgan fingerprint density at radius 2 is 0.837 bits per heavy atom. The molecule has 8 heterocycles. The predicted octanol–water partition coefficient (Wildman–Crippen LogP) is 11.3. The van der Waals surface area contributed by atoms with E-state index in [1.54, 1.807) is 38.4 Å². The van der Waals surface area contributed by atoms with Crippen molar-refractivity contribution in [3.63, 3.8) is 0 Å². The minimum atomic E-state index is -0.650. The van der Waals surface area contributed by atoms with Crippen molar-refractivity contribution in [1.29, 1.82) is 0 Å². The second-order valence-corrected chi connectivity index (χ2v) is 23.4. The Bertz CT molecular complexity index is 4760. The zero-order valence-corrected chi connectivity index (χ0v) is 53.8. The van der Waals surface area contributed by atoms with Crippen LogP contribution in [0.15, 0.2) is 202 Å². The van der Waals surface area contributed by atoms with Gasteiger partial charge in [-0.3, -0.25) is 19.2 Å². The van der Waals surface area contributed by atoms with E-state index in [0.717, 1.165) is 72.0 Å². The molecule has 24 heteroatoms. The van der Waals surface area contributed by atoms with E-state index in [-0.39, 0.29) is 47.2 Å². The first-order chi connectivity index (χ1) is 47.7. The van der Waals surface area contributed by atoms with Crippen molar-refractivity contribution in [3.8, 4) is 80.1 Å². The Morgan fingerprint density at radius 1 is 0.469 bits per heavy atom. The maximum absolute atomic E-state index is 12.2. The summed E-state index contributed by atoms with van der Waals surface area (Å²) in [6.07, 6.45) is 9.68. The third-order valence-electron chi connectivity index (χ3n) is 17.0. The molecule has 494 valence electrons. The van der Waals surface area contributed by atoms with Gasteiger partial charge in [0.25, 0.3) is 11.8 Å². The molecule has 0 radical (unpaired) electrons. The zero-order chi connectivity index (χ0) is 68.2. The minimum Gasteiger partial charge on any atom is -0.457 e. The van der Waals surface area contributed by atoms with Crippen LogP contribution in [-0.4, -0.2) is 127 Å². The average molecular weight is 1310 g/mol. The monoisotopic (exact) mass is 1310 g/mol. The highest BCUT2D eigenvalue weighted by Gasteiger charge is 2.33. The molecule has 3 aliphatic heterocycles. The molecule has 14 rings (SSSR count). The van der Waals surface area contributed by atoms with E-state index in [0.29, 0.717) is 101 Å². The van der Waals surface area contributed by atoms with Crippen LogP contribution in [0.5, 0.6) is 34.5 Å². The lowest BCUT2D eigenvalue weighted by molar-refractivity contribution is -0.128. The fourth-order valence-electron chi connectivity index (χ4n) is 12.3. The first-order valence-corrected chi connectivity index (χ1v) is 31.9. The van der Waals surface area contributed by atoms with Gasteiger partial charge in [-0.1, -0.05) is 73.7 Å². The van der Waals surface area contributed by atoms with Crippen LogP contribution in [0, 0.1) is 11.8 Å². The molecule has 0 saturated carbocycles. The Labute approximate surface area is 564 Å². The SMILES string of the molecule is C=CC(=O)N1CCC[C@@H](n2nc(-c3ccc(Oc4ccccc4)cc3)c(C(N)=O)c2N)C1.C=CC(=O)N1CCC[C@@H](n2nc(-c3ccc(Oc4ccccc4)cc3)c3c(N)ncnc32)C1.CC#CC(=O)N1CC[C@@H](n2nc(-c3ccc(Oc4ccccc4)cc3)c3c(N)ncnc32)C1. The van der Waals surface area contributed by atoms with E-state index in [1.165, 1.54) is 24.8 Å². The Hall–Kier alpha value is -12.7. The second kappa shape index (κ2) is 29.7. The third-order valence-corrected chi connectivity index (χ3v) is 17.0. The van der Waals surface area contributed by atoms with E-state index in [4.69, 9.17) is 47.3 Å². The van der Waals surface area contributed by atoms with E-state index < -0.39 is 5.91 Å². The Balaban J connectivity index is 0.000000140. The summed E-state index contributed by atoms with van der Waals surface area (Å²) in [5.74, 6) is 9.57. The van der Waals surface area contributed by atoms with Gasteiger partial charge in [0.15, 0.2) is 11.3 Å². The van der Waals surface area contributed by atoms with Crippen molar-refractivity contribution in [2.24, 2.45) is 5.73 Å². The molecule has 4 amide bonds. The number of fused-ring (bicyclic) bond motifs is 2. The number of rotatable bonds is 15. The molecule has 6 aromatic carbocycles. The topological polar surface area (TPSA) is 315 Å². The maximum Gasteiger partial charge on any atom is 0.298 e.